The molecule has 5 heteroatoms. The highest BCUT2D eigenvalue weighted by Crippen LogP contribution is 2.14. The number of amides is 1. The maximum Gasteiger partial charge on any atom is 0.245 e. The molecule has 0 saturated heterocycles. The topological polar surface area (TPSA) is 64.2 Å². The summed E-state index contributed by atoms with van der Waals surface area (Å²) in [6.07, 6.45) is 5.21. The molecule has 0 unspecified atom stereocenters. The zero-order valence-corrected chi connectivity index (χ0v) is 10.5. The summed E-state index contributed by atoms with van der Waals surface area (Å²) in [6, 6.07) is 0. The van der Waals surface area contributed by atoms with Crippen molar-refractivity contribution in [3.63, 3.8) is 0 Å². The molecule has 2 N–H and O–H groups in total. The van der Waals surface area contributed by atoms with E-state index in [9.17, 15) is 4.79 Å². The monoisotopic (exact) mass is 234 g/mol. The van der Waals surface area contributed by atoms with Gasteiger partial charge in [-0.1, -0.05) is 5.92 Å². The molecule has 0 aliphatic heterocycles. The summed E-state index contributed by atoms with van der Waals surface area (Å²) in [5.74, 6) is 2.42. The number of aromatic nitrogens is 2. The minimum absolute atomic E-state index is 0.0453. The second-order valence-electron chi connectivity index (χ2n) is 3.85. The third-order valence-corrected chi connectivity index (χ3v) is 2.74. The van der Waals surface area contributed by atoms with Crippen molar-refractivity contribution in [3.8, 4) is 12.3 Å². The van der Waals surface area contributed by atoms with Crippen molar-refractivity contribution in [1.82, 2.24) is 14.7 Å². The lowest BCUT2D eigenvalue weighted by Gasteiger charge is -2.18. The van der Waals surface area contributed by atoms with Gasteiger partial charge < -0.3 is 10.6 Å². The van der Waals surface area contributed by atoms with Gasteiger partial charge in [-0.05, 0) is 20.8 Å². The molecule has 1 amide bonds. The summed E-state index contributed by atoms with van der Waals surface area (Å²) >= 11 is 0. The lowest BCUT2D eigenvalue weighted by molar-refractivity contribution is -0.131. The first-order valence-electron chi connectivity index (χ1n) is 5.52. The summed E-state index contributed by atoms with van der Waals surface area (Å²) in [4.78, 5) is 13.5. The van der Waals surface area contributed by atoms with E-state index >= 15 is 0 Å². The van der Waals surface area contributed by atoms with Gasteiger partial charge in [0.15, 0.2) is 0 Å². The molecule has 5 nitrogen and oxygen atoms in total. The first kappa shape index (κ1) is 13.1. The van der Waals surface area contributed by atoms with E-state index in [1.54, 1.807) is 9.58 Å². The Balaban J connectivity index is 2.81. The van der Waals surface area contributed by atoms with E-state index in [1.165, 1.54) is 0 Å². The predicted octanol–water partition coefficient (Wildman–Crippen LogP) is 0.564. The van der Waals surface area contributed by atoms with Crippen molar-refractivity contribution in [2.24, 2.45) is 0 Å². The van der Waals surface area contributed by atoms with Gasteiger partial charge in [0.1, 0.15) is 6.54 Å². The summed E-state index contributed by atoms with van der Waals surface area (Å²) in [5, 5.41) is 4.22. The van der Waals surface area contributed by atoms with Crippen molar-refractivity contribution in [3.05, 3.63) is 11.4 Å². The van der Waals surface area contributed by atoms with E-state index in [4.69, 9.17) is 12.2 Å². The van der Waals surface area contributed by atoms with E-state index in [-0.39, 0.29) is 12.5 Å². The first-order chi connectivity index (χ1) is 8.01. The molecule has 0 bridgehead atoms. The van der Waals surface area contributed by atoms with Gasteiger partial charge in [0.25, 0.3) is 0 Å². The first-order valence-corrected chi connectivity index (χ1v) is 5.52. The number of anilines is 1. The second kappa shape index (κ2) is 5.39. The van der Waals surface area contributed by atoms with Crippen LogP contribution in [0, 0.1) is 26.2 Å². The number of nitrogens with zero attached hydrogens (tertiary/aromatic N) is 3. The van der Waals surface area contributed by atoms with Crippen LogP contribution in [0.4, 0.5) is 5.69 Å². The molecule has 0 fully saturated rings. The fourth-order valence-corrected chi connectivity index (χ4v) is 1.58. The van der Waals surface area contributed by atoms with Gasteiger partial charge >= 0.3 is 0 Å². The number of hydrogen-bond donors (Lipinski definition) is 1. The van der Waals surface area contributed by atoms with Gasteiger partial charge in [0.05, 0.1) is 23.6 Å². The molecule has 17 heavy (non-hydrogen) atoms. The number of aryl methyl sites for hydroxylation is 1. The van der Waals surface area contributed by atoms with Crippen LogP contribution in [-0.2, 0) is 11.3 Å². The number of carbonyl (C=O) groups is 1. The van der Waals surface area contributed by atoms with Crippen LogP contribution in [-0.4, -0.2) is 33.7 Å². The molecule has 92 valence electrons. The highest BCUT2D eigenvalue weighted by atomic mass is 16.2. The zero-order chi connectivity index (χ0) is 13.0. The maximum absolute atomic E-state index is 11.9. The molecular formula is C12H18N4O. The fraction of sp³-hybridized carbons (Fsp3) is 0.500. The Hall–Kier alpha value is -1.96. The molecule has 0 aliphatic carbocycles. The van der Waals surface area contributed by atoms with Crippen molar-refractivity contribution in [2.75, 3.05) is 18.8 Å². The molecule has 1 aromatic rings. The van der Waals surface area contributed by atoms with Crippen LogP contribution in [0.5, 0.6) is 0 Å². The second-order valence-corrected chi connectivity index (χ2v) is 3.85. The molecule has 0 radical (unpaired) electrons. The van der Waals surface area contributed by atoms with Crippen LogP contribution in [0.25, 0.3) is 0 Å². The summed E-state index contributed by atoms with van der Waals surface area (Å²) in [7, 11) is 0. The third kappa shape index (κ3) is 2.78. The Morgan fingerprint density at radius 2 is 2.24 bits per heavy atom. The largest absolute Gasteiger partial charge is 0.396 e. The van der Waals surface area contributed by atoms with Crippen LogP contribution >= 0.6 is 0 Å². The SMILES string of the molecule is C#CCN(CC)C(=O)Cn1nc(C)c(N)c1C. The number of nitrogen functional groups attached to an aromatic ring is 1. The quantitative estimate of drug-likeness (QED) is 0.774. The van der Waals surface area contributed by atoms with Gasteiger partial charge in [0, 0.05) is 6.54 Å². The Morgan fingerprint density at radius 1 is 1.59 bits per heavy atom. The van der Waals surface area contributed by atoms with Gasteiger partial charge in [-0.3, -0.25) is 9.48 Å². The summed E-state index contributed by atoms with van der Waals surface area (Å²) in [5.41, 5.74) is 8.00. The Labute approximate surface area is 102 Å². The molecular weight excluding hydrogens is 216 g/mol. The smallest absolute Gasteiger partial charge is 0.245 e. The molecule has 0 aliphatic rings. The van der Waals surface area contributed by atoms with Gasteiger partial charge in [0.2, 0.25) is 5.91 Å². The van der Waals surface area contributed by atoms with Gasteiger partial charge in [-0.2, -0.15) is 5.10 Å². The number of hydrogen-bond acceptors (Lipinski definition) is 3. The molecule has 0 saturated carbocycles. The number of rotatable bonds is 4. The average Bonchev–Trinajstić information content (AvgIpc) is 2.54. The number of carbonyl (C=O) groups excluding carboxylic acids is 1. The van der Waals surface area contributed by atoms with Crippen LogP contribution < -0.4 is 5.73 Å². The number of terminal acetylenes is 1. The molecule has 0 spiro atoms. The third-order valence-electron chi connectivity index (χ3n) is 2.74. The van der Waals surface area contributed by atoms with Crippen LogP contribution in [0.1, 0.15) is 18.3 Å². The van der Waals surface area contributed by atoms with Gasteiger partial charge in [-0.15, -0.1) is 6.42 Å². The zero-order valence-electron chi connectivity index (χ0n) is 10.5. The number of nitrogens with two attached hydrogens (primary N) is 1. The van der Waals surface area contributed by atoms with Crippen LogP contribution in [0.2, 0.25) is 0 Å². The maximum atomic E-state index is 11.9. The van der Waals surface area contributed by atoms with Crippen molar-refractivity contribution >= 4 is 11.6 Å². The van der Waals surface area contributed by atoms with Gasteiger partial charge in [-0.25, -0.2) is 0 Å². The standard InChI is InChI=1S/C12H18N4O/c1-5-7-15(6-2)11(17)8-16-10(4)12(13)9(3)14-16/h1H,6-8,13H2,2-4H3. The minimum atomic E-state index is -0.0453. The molecule has 1 heterocycles. The summed E-state index contributed by atoms with van der Waals surface area (Å²) in [6.45, 7) is 6.66. The van der Waals surface area contributed by atoms with Crippen molar-refractivity contribution in [2.45, 2.75) is 27.3 Å². The molecule has 1 aromatic heterocycles. The average molecular weight is 234 g/mol. The lowest BCUT2D eigenvalue weighted by atomic mass is 10.3. The molecule has 0 aromatic carbocycles. The Morgan fingerprint density at radius 3 is 2.65 bits per heavy atom. The van der Waals surface area contributed by atoms with E-state index in [1.807, 2.05) is 20.8 Å². The van der Waals surface area contributed by atoms with Crippen molar-refractivity contribution in [1.29, 1.82) is 0 Å². The highest BCUT2D eigenvalue weighted by Gasteiger charge is 2.15. The van der Waals surface area contributed by atoms with Crippen LogP contribution in [0.15, 0.2) is 0 Å². The molecule has 1 rings (SSSR count). The number of likely N-dealkylation sites (N-methyl/N-ethyl adjacent to an activating group) is 1. The van der Waals surface area contributed by atoms with E-state index in [0.717, 1.165) is 11.4 Å². The molecule has 0 atom stereocenters. The van der Waals surface area contributed by atoms with Crippen LogP contribution in [0.3, 0.4) is 0 Å². The van der Waals surface area contributed by atoms with E-state index in [2.05, 4.69) is 11.0 Å². The van der Waals surface area contributed by atoms with Crippen molar-refractivity contribution < 1.29 is 4.79 Å². The summed E-state index contributed by atoms with van der Waals surface area (Å²) < 4.78 is 1.62. The lowest BCUT2D eigenvalue weighted by Crippen LogP contribution is -2.34. The normalized spacial score (nSPS) is 10.0. The Bertz CT molecular complexity index is 456. The van der Waals surface area contributed by atoms with E-state index < -0.39 is 0 Å². The predicted molar refractivity (Wildman–Crippen MR) is 67.2 cm³/mol. The Kier molecular flexibility index (Phi) is 4.16. The fourth-order valence-electron chi connectivity index (χ4n) is 1.58. The van der Waals surface area contributed by atoms with E-state index in [0.29, 0.717) is 18.8 Å². The minimum Gasteiger partial charge on any atom is -0.396 e. The highest BCUT2D eigenvalue weighted by molar-refractivity contribution is 5.76.